The molecule has 0 radical (unpaired) electrons. The standard InChI is InChI=1S/C15H21NO3S/c1-10-6-11(2)13(12(3)7-10)8-20-5-4-14(15(18)19)16-9-17/h6-7,9,14H,4-5,8H2,1-3H3,(H,16,17)(H,18,19). The van der Waals surface area contributed by atoms with Crippen LogP contribution in [0.3, 0.4) is 0 Å². The quantitative estimate of drug-likeness (QED) is 0.571. The van der Waals surface area contributed by atoms with Crippen molar-refractivity contribution >= 4 is 24.1 Å². The molecular weight excluding hydrogens is 274 g/mol. The molecule has 1 rings (SSSR count). The largest absolute Gasteiger partial charge is 0.480 e. The van der Waals surface area contributed by atoms with Crippen LogP contribution in [-0.2, 0) is 15.3 Å². The third kappa shape index (κ3) is 4.89. The Labute approximate surface area is 124 Å². The highest BCUT2D eigenvalue weighted by molar-refractivity contribution is 7.98. The Balaban J connectivity index is 2.49. The van der Waals surface area contributed by atoms with Crippen molar-refractivity contribution in [3.8, 4) is 0 Å². The van der Waals surface area contributed by atoms with Crippen LogP contribution in [0, 0.1) is 20.8 Å². The minimum absolute atomic E-state index is 0.433. The van der Waals surface area contributed by atoms with Gasteiger partial charge in [-0.3, -0.25) is 4.79 Å². The lowest BCUT2D eigenvalue weighted by Crippen LogP contribution is -2.36. The van der Waals surface area contributed by atoms with Gasteiger partial charge in [0.25, 0.3) is 0 Å². The van der Waals surface area contributed by atoms with Crippen LogP contribution < -0.4 is 5.32 Å². The summed E-state index contributed by atoms with van der Waals surface area (Å²) in [6, 6.07) is 3.54. The van der Waals surface area contributed by atoms with Crippen molar-refractivity contribution in [3.63, 3.8) is 0 Å². The Bertz CT molecular complexity index is 465. The predicted octanol–water partition coefficient (Wildman–Crippen LogP) is 2.43. The molecular formula is C15H21NO3S. The lowest BCUT2D eigenvalue weighted by Gasteiger charge is -2.13. The van der Waals surface area contributed by atoms with Gasteiger partial charge in [-0.1, -0.05) is 17.7 Å². The summed E-state index contributed by atoms with van der Waals surface area (Å²) >= 11 is 1.69. The number of aryl methyl sites for hydroxylation is 3. The van der Waals surface area contributed by atoms with Gasteiger partial charge in [-0.25, -0.2) is 4.79 Å². The fourth-order valence-corrected chi connectivity index (χ4v) is 3.38. The van der Waals surface area contributed by atoms with Gasteiger partial charge in [-0.15, -0.1) is 0 Å². The predicted molar refractivity (Wildman–Crippen MR) is 82.1 cm³/mol. The summed E-state index contributed by atoms with van der Waals surface area (Å²) in [5.74, 6) is 0.580. The highest BCUT2D eigenvalue weighted by atomic mass is 32.2. The van der Waals surface area contributed by atoms with Crippen molar-refractivity contribution in [3.05, 3.63) is 34.4 Å². The topological polar surface area (TPSA) is 66.4 Å². The molecule has 1 aromatic rings. The fraction of sp³-hybridized carbons (Fsp3) is 0.467. The third-order valence-electron chi connectivity index (χ3n) is 3.20. The van der Waals surface area contributed by atoms with Crippen LogP contribution in [0.2, 0.25) is 0 Å². The number of thioether (sulfide) groups is 1. The summed E-state index contributed by atoms with van der Waals surface area (Å²) in [6.07, 6.45) is 0.875. The first-order chi connectivity index (χ1) is 9.45. The van der Waals surface area contributed by atoms with Gasteiger partial charge in [0.15, 0.2) is 0 Å². The minimum Gasteiger partial charge on any atom is -0.480 e. The number of benzene rings is 1. The molecule has 1 aromatic carbocycles. The van der Waals surface area contributed by atoms with Crippen LogP contribution in [0.1, 0.15) is 28.7 Å². The van der Waals surface area contributed by atoms with E-state index in [0.29, 0.717) is 18.6 Å². The van der Waals surface area contributed by atoms with Crippen molar-refractivity contribution in [2.45, 2.75) is 39.0 Å². The molecule has 1 amide bonds. The number of carbonyl (C=O) groups is 2. The molecule has 0 saturated heterocycles. The first-order valence-electron chi connectivity index (χ1n) is 6.52. The zero-order chi connectivity index (χ0) is 15.1. The molecule has 0 aliphatic rings. The molecule has 0 aliphatic carbocycles. The SMILES string of the molecule is Cc1cc(C)c(CSCCC(NC=O)C(=O)O)c(C)c1. The number of carboxylic acids is 1. The normalized spacial score (nSPS) is 11.9. The van der Waals surface area contributed by atoms with Gasteiger partial charge in [-0.2, -0.15) is 11.8 Å². The Morgan fingerprint density at radius 3 is 2.45 bits per heavy atom. The first kappa shape index (κ1) is 16.6. The van der Waals surface area contributed by atoms with E-state index in [1.807, 2.05) is 0 Å². The van der Waals surface area contributed by atoms with Crippen molar-refractivity contribution in [2.75, 3.05) is 5.75 Å². The van der Waals surface area contributed by atoms with Gasteiger partial charge in [0, 0.05) is 5.75 Å². The highest BCUT2D eigenvalue weighted by Crippen LogP contribution is 2.22. The zero-order valence-corrected chi connectivity index (χ0v) is 12.9. The van der Waals surface area contributed by atoms with E-state index >= 15 is 0 Å². The average molecular weight is 295 g/mol. The summed E-state index contributed by atoms with van der Waals surface area (Å²) in [5.41, 5.74) is 5.12. The van der Waals surface area contributed by atoms with E-state index in [-0.39, 0.29) is 0 Å². The molecule has 1 unspecified atom stereocenters. The number of amides is 1. The zero-order valence-electron chi connectivity index (χ0n) is 12.1. The van der Waals surface area contributed by atoms with E-state index in [9.17, 15) is 9.59 Å². The summed E-state index contributed by atoms with van der Waals surface area (Å²) in [4.78, 5) is 21.2. The van der Waals surface area contributed by atoms with E-state index in [0.717, 1.165) is 5.75 Å². The Kier molecular flexibility index (Phi) is 6.58. The second kappa shape index (κ2) is 7.94. The van der Waals surface area contributed by atoms with Crippen molar-refractivity contribution < 1.29 is 14.7 Å². The van der Waals surface area contributed by atoms with E-state index in [1.165, 1.54) is 22.3 Å². The number of rotatable bonds is 8. The molecule has 0 bridgehead atoms. The minimum atomic E-state index is -0.986. The van der Waals surface area contributed by atoms with Crippen molar-refractivity contribution in [1.29, 1.82) is 0 Å². The lowest BCUT2D eigenvalue weighted by atomic mass is 10.0. The number of nitrogens with one attached hydrogen (secondary N) is 1. The molecule has 110 valence electrons. The van der Waals surface area contributed by atoms with E-state index in [2.05, 4.69) is 38.2 Å². The summed E-state index contributed by atoms with van der Waals surface area (Å²) in [5, 5.41) is 11.2. The van der Waals surface area contributed by atoms with Crippen molar-refractivity contribution in [1.82, 2.24) is 5.32 Å². The molecule has 5 heteroatoms. The average Bonchev–Trinajstić information content (AvgIpc) is 2.35. The van der Waals surface area contributed by atoms with Gasteiger partial charge >= 0.3 is 5.97 Å². The van der Waals surface area contributed by atoms with E-state index < -0.39 is 12.0 Å². The number of aliphatic carboxylic acids is 1. The smallest absolute Gasteiger partial charge is 0.326 e. The number of hydrogen-bond donors (Lipinski definition) is 2. The molecule has 2 N–H and O–H groups in total. The van der Waals surface area contributed by atoms with E-state index in [1.54, 1.807) is 11.8 Å². The van der Waals surface area contributed by atoms with Crippen LogP contribution >= 0.6 is 11.8 Å². The van der Waals surface area contributed by atoms with Crippen LogP contribution in [0.5, 0.6) is 0 Å². The Morgan fingerprint density at radius 2 is 1.95 bits per heavy atom. The maximum atomic E-state index is 10.9. The van der Waals surface area contributed by atoms with Gasteiger partial charge in [-0.05, 0) is 49.6 Å². The number of hydrogen-bond acceptors (Lipinski definition) is 3. The van der Waals surface area contributed by atoms with Gasteiger partial charge in [0.2, 0.25) is 6.41 Å². The highest BCUT2D eigenvalue weighted by Gasteiger charge is 2.15. The van der Waals surface area contributed by atoms with Gasteiger partial charge in [0.05, 0.1) is 0 Å². The molecule has 1 atom stereocenters. The molecule has 0 saturated carbocycles. The maximum Gasteiger partial charge on any atom is 0.326 e. The van der Waals surface area contributed by atoms with Crippen LogP contribution in [0.15, 0.2) is 12.1 Å². The second-order valence-corrected chi connectivity index (χ2v) is 6.00. The molecule has 0 aromatic heterocycles. The molecule has 4 nitrogen and oxygen atoms in total. The van der Waals surface area contributed by atoms with Crippen LogP contribution in [0.4, 0.5) is 0 Å². The maximum absolute atomic E-state index is 10.9. The van der Waals surface area contributed by atoms with Gasteiger partial charge < -0.3 is 10.4 Å². The summed E-state index contributed by atoms with van der Waals surface area (Å²) in [6.45, 7) is 6.28. The van der Waals surface area contributed by atoms with E-state index in [4.69, 9.17) is 5.11 Å². The van der Waals surface area contributed by atoms with Crippen LogP contribution in [-0.4, -0.2) is 29.3 Å². The van der Waals surface area contributed by atoms with Crippen LogP contribution in [0.25, 0.3) is 0 Å². The molecule has 0 heterocycles. The van der Waals surface area contributed by atoms with Crippen molar-refractivity contribution in [2.24, 2.45) is 0 Å². The monoisotopic (exact) mass is 295 g/mol. The molecule has 0 spiro atoms. The molecule has 20 heavy (non-hydrogen) atoms. The summed E-state index contributed by atoms with van der Waals surface area (Å²) in [7, 11) is 0. The third-order valence-corrected chi connectivity index (χ3v) is 4.22. The number of carbonyl (C=O) groups excluding carboxylic acids is 1. The lowest BCUT2D eigenvalue weighted by molar-refractivity contribution is -0.140. The number of carboxylic acid groups (broad SMARTS) is 1. The van der Waals surface area contributed by atoms with Gasteiger partial charge in [0.1, 0.15) is 6.04 Å². The second-order valence-electron chi connectivity index (χ2n) is 4.89. The molecule has 0 aliphatic heterocycles. The Hall–Kier alpha value is -1.49. The molecule has 0 fully saturated rings. The Morgan fingerprint density at radius 1 is 1.35 bits per heavy atom. The fourth-order valence-electron chi connectivity index (χ4n) is 2.17. The first-order valence-corrected chi connectivity index (χ1v) is 7.68. The summed E-state index contributed by atoms with van der Waals surface area (Å²) < 4.78 is 0.